The number of nitrogens with one attached hydrogen (secondary N) is 1. The van der Waals surface area contributed by atoms with Gasteiger partial charge in [0.25, 0.3) is 0 Å². The molecular weight excluding hydrogens is 252 g/mol. The van der Waals surface area contributed by atoms with Crippen molar-refractivity contribution in [1.29, 1.82) is 0 Å². The van der Waals surface area contributed by atoms with Crippen molar-refractivity contribution in [2.75, 3.05) is 20.2 Å². The maximum absolute atomic E-state index is 11.9. The van der Waals surface area contributed by atoms with Gasteiger partial charge in [-0.05, 0) is 30.5 Å². The third-order valence-electron chi connectivity index (χ3n) is 4.65. The van der Waals surface area contributed by atoms with Crippen LogP contribution in [0.3, 0.4) is 0 Å². The van der Waals surface area contributed by atoms with E-state index >= 15 is 0 Å². The van der Waals surface area contributed by atoms with Gasteiger partial charge in [0.15, 0.2) is 0 Å². The summed E-state index contributed by atoms with van der Waals surface area (Å²) in [7, 11) is 1.68. The minimum absolute atomic E-state index is 0.196. The molecule has 1 amide bonds. The van der Waals surface area contributed by atoms with Gasteiger partial charge in [0.1, 0.15) is 5.75 Å². The first-order chi connectivity index (χ1) is 9.70. The number of fused-ring (bicyclic) bond motifs is 1. The molecule has 0 spiro atoms. The predicted octanol–water partition coefficient (Wildman–Crippen LogP) is 1.76. The number of piperidine rings is 1. The second kappa shape index (κ2) is 5.44. The molecule has 3 atom stereocenters. The molecule has 0 radical (unpaired) electrons. The number of carbonyl (C=O) groups is 1. The quantitative estimate of drug-likeness (QED) is 0.893. The number of benzene rings is 1. The van der Waals surface area contributed by atoms with Crippen LogP contribution in [0.1, 0.15) is 31.2 Å². The lowest BCUT2D eigenvalue weighted by molar-refractivity contribution is -0.132. The number of amides is 1. The van der Waals surface area contributed by atoms with Crippen LogP contribution >= 0.6 is 0 Å². The molecule has 4 nitrogen and oxygen atoms in total. The van der Waals surface area contributed by atoms with Crippen LogP contribution in [0.2, 0.25) is 0 Å². The van der Waals surface area contributed by atoms with Crippen LogP contribution in [0.5, 0.6) is 5.75 Å². The number of nitrogens with zero attached hydrogens (tertiary/aromatic N) is 1. The first-order valence-electron chi connectivity index (χ1n) is 7.35. The molecule has 3 rings (SSSR count). The summed E-state index contributed by atoms with van der Waals surface area (Å²) in [4.78, 5) is 14.0. The SMILES string of the molecule is COc1ccc(C2CNC3CCCN(C(C)=O)C32)cc1. The highest BCUT2D eigenvalue weighted by atomic mass is 16.5. The average Bonchev–Trinajstić information content (AvgIpc) is 2.91. The van der Waals surface area contributed by atoms with E-state index in [1.54, 1.807) is 14.0 Å². The number of hydrogen-bond donors (Lipinski definition) is 1. The fraction of sp³-hybridized carbons (Fsp3) is 0.562. The molecule has 108 valence electrons. The van der Waals surface area contributed by atoms with Crippen molar-refractivity contribution in [3.05, 3.63) is 29.8 Å². The average molecular weight is 274 g/mol. The van der Waals surface area contributed by atoms with Gasteiger partial charge in [0.2, 0.25) is 5.91 Å². The summed E-state index contributed by atoms with van der Waals surface area (Å²) < 4.78 is 5.22. The second-order valence-corrected chi connectivity index (χ2v) is 5.74. The zero-order valence-electron chi connectivity index (χ0n) is 12.1. The van der Waals surface area contributed by atoms with Crippen LogP contribution in [0.15, 0.2) is 24.3 Å². The zero-order chi connectivity index (χ0) is 14.1. The zero-order valence-corrected chi connectivity index (χ0v) is 12.1. The van der Waals surface area contributed by atoms with E-state index in [1.165, 1.54) is 12.0 Å². The highest BCUT2D eigenvalue weighted by Gasteiger charge is 2.43. The van der Waals surface area contributed by atoms with Gasteiger partial charge < -0.3 is 15.0 Å². The van der Waals surface area contributed by atoms with Gasteiger partial charge in [0, 0.05) is 32.0 Å². The summed E-state index contributed by atoms with van der Waals surface area (Å²) in [6.07, 6.45) is 2.27. The van der Waals surface area contributed by atoms with Crippen molar-refractivity contribution in [2.24, 2.45) is 0 Å². The van der Waals surface area contributed by atoms with E-state index in [2.05, 4.69) is 22.3 Å². The molecule has 2 aliphatic heterocycles. The number of rotatable bonds is 2. The number of hydrogen-bond acceptors (Lipinski definition) is 3. The summed E-state index contributed by atoms with van der Waals surface area (Å²) in [5, 5.41) is 3.60. The maximum Gasteiger partial charge on any atom is 0.219 e. The third-order valence-corrected chi connectivity index (χ3v) is 4.65. The van der Waals surface area contributed by atoms with E-state index in [-0.39, 0.29) is 5.91 Å². The van der Waals surface area contributed by atoms with Gasteiger partial charge in [0.05, 0.1) is 13.2 Å². The Bertz CT molecular complexity index is 486. The summed E-state index contributed by atoms with van der Waals surface area (Å²) in [5.41, 5.74) is 1.29. The molecule has 0 aliphatic carbocycles. The molecule has 2 aliphatic rings. The Morgan fingerprint density at radius 1 is 1.35 bits per heavy atom. The van der Waals surface area contributed by atoms with E-state index in [1.807, 2.05) is 12.1 Å². The predicted molar refractivity (Wildman–Crippen MR) is 77.9 cm³/mol. The van der Waals surface area contributed by atoms with E-state index in [9.17, 15) is 4.79 Å². The van der Waals surface area contributed by atoms with Crippen LogP contribution in [-0.4, -0.2) is 43.1 Å². The van der Waals surface area contributed by atoms with Crippen molar-refractivity contribution in [2.45, 2.75) is 37.8 Å². The Balaban J connectivity index is 1.86. The standard InChI is InChI=1S/C16H22N2O2/c1-11(19)18-9-3-4-15-16(18)14(10-17-15)12-5-7-13(20-2)8-6-12/h5-8,14-17H,3-4,9-10H2,1-2H3. The van der Waals surface area contributed by atoms with Crippen molar-refractivity contribution in [3.8, 4) is 5.75 Å². The normalized spacial score (nSPS) is 29.1. The first kappa shape index (κ1) is 13.4. The Morgan fingerprint density at radius 3 is 2.75 bits per heavy atom. The number of methoxy groups -OCH3 is 1. The van der Waals surface area contributed by atoms with Gasteiger partial charge in [-0.3, -0.25) is 4.79 Å². The van der Waals surface area contributed by atoms with E-state index in [4.69, 9.17) is 4.74 Å². The van der Waals surface area contributed by atoms with Crippen LogP contribution in [0.4, 0.5) is 0 Å². The van der Waals surface area contributed by atoms with Crippen LogP contribution in [-0.2, 0) is 4.79 Å². The molecule has 20 heavy (non-hydrogen) atoms. The Kier molecular flexibility index (Phi) is 3.66. The minimum Gasteiger partial charge on any atom is -0.497 e. The monoisotopic (exact) mass is 274 g/mol. The Morgan fingerprint density at radius 2 is 2.10 bits per heavy atom. The summed E-state index contributed by atoms with van der Waals surface area (Å²) in [6, 6.07) is 9.00. The number of carbonyl (C=O) groups excluding carboxylic acids is 1. The van der Waals surface area contributed by atoms with E-state index < -0.39 is 0 Å². The molecule has 2 heterocycles. The fourth-order valence-electron chi connectivity index (χ4n) is 3.67. The third kappa shape index (κ3) is 2.29. The molecule has 0 aromatic heterocycles. The minimum atomic E-state index is 0.196. The van der Waals surface area contributed by atoms with Crippen LogP contribution in [0, 0.1) is 0 Å². The van der Waals surface area contributed by atoms with E-state index in [0.717, 1.165) is 25.3 Å². The fourth-order valence-corrected chi connectivity index (χ4v) is 3.67. The highest BCUT2D eigenvalue weighted by molar-refractivity contribution is 5.74. The molecule has 4 heteroatoms. The second-order valence-electron chi connectivity index (χ2n) is 5.74. The Hall–Kier alpha value is -1.55. The molecule has 0 saturated carbocycles. The lowest BCUT2D eigenvalue weighted by Gasteiger charge is -2.39. The molecule has 1 aromatic carbocycles. The maximum atomic E-state index is 11.9. The highest BCUT2D eigenvalue weighted by Crippen LogP contribution is 2.35. The molecule has 2 saturated heterocycles. The van der Waals surface area contributed by atoms with Crippen LogP contribution < -0.4 is 10.1 Å². The van der Waals surface area contributed by atoms with Crippen molar-refractivity contribution < 1.29 is 9.53 Å². The Labute approximate surface area is 120 Å². The van der Waals surface area contributed by atoms with Crippen LogP contribution in [0.25, 0.3) is 0 Å². The number of ether oxygens (including phenoxy) is 1. The van der Waals surface area contributed by atoms with Gasteiger partial charge in [-0.15, -0.1) is 0 Å². The van der Waals surface area contributed by atoms with Crippen molar-refractivity contribution >= 4 is 5.91 Å². The van der Waals surface area contributed by atoms with Crippen molar-refractivity contribution in [3.63, 3.8) is 0 Å². The molecule has 0 bridgehead atoms. The van der Waals surface area contributed by atoms with Crippen molar-refractivity contribution in [1.82, 2.24) is 10.2 Å². The van der Waals surface area contributed by atoms with Gasteiger partial charge >= 0.3 is 0 Å². The summed E-state index contributed by atoms with van der Waals surface area (Å²) in [5.74, 6) is 1.46. The molecule has 1 aromatic rings. The topological polar surface area (TPSA) is 41.6 Å². The lowest BCUT2D eigenvalue weighted by Crippen LogP contribution is -2.52. The molecule has 1 N–H and O–H groups in total. The largest absolute Gasteiger partial charge is 0.497 e. The summed E-state index contributed by atoms with van der Waals surface area (Å²) in [6.45, 7) is 3.53. The lowest BCUT2D eigenvalue weighted by atomic mass is 9.86. The smallest absolute Gasteiger partial charge is 0.219 e. The molecule has 3 unspecified atom stereocenters. The van der Waals surface area contributed by atoms with Gasteiger partial charge in [-0.25, -0.2) is 0 Å². The van der Waals surface area contributed by atoms with Gasteiger partial charge in [-0.1, -0.05) is 12.1 Å². The number of likely N-dealkylation sites (tertiary alicyclic amines) is 1. The van der Waals surface area contributed by atoms with Gasteiger partial charge in [-0.2, -0.15) is 0 Å². The molecule has 2 fully saturated rings. The first-order valence-corrected chi connectivity index (χ1v) is 7.35. The summed E-state index contributed by atoms with van der Waals surface area (Å²) >= 11 is 0. The van der Waals surface area contributed by atoms with E-state index in [0.29, 0.717) is 18.0 Å². The molecular formula is C16H22N2O2.